The van der Waals surface area contributed by atoms with Gasteiger partial charge in [-0.15, -0.1) is 30.1 Å². The molecule has 0 aromatic carbocycles. The van der Waals surface area contributed by atoms with E-state index in [9.17, 15) is 19.2 Å². The van der Waals surface area contributed by atoms with Crippen molar-refractivity contribution in [3.05, 3.63) is 35.5 Å². The van der Waals surface area contributed by atoms with Gasteiger partial charge in [0.1, 0.15) is 16.2 Å². The minimum absolute atomic E-state index is 0.0570. The molecule has 2 aliphatic rings. The fourth-order valence-corrected chi connectivity index (χ4v) is 4.86. The first-order valence-electron chi connectivity index (χ1n) is 13.5. The molecule has 43 heavy (non-hydrogen) atoms. The number of ketones is 1. The van der Waals surface area contributed by atoms with Crippen LogP contribution in [0.5, 0.6) is 0 Å². The molecule has 0 radical (unpaired) electrons. The van der Waals surface area contributed by atoms with E-state index in [1.54, 1.807) is 19.9 Å². The van der Waals surface area contributed by atoms with Crippen molar-refractivity contribution in [1.82, 2.24) is 8.61 Å². The second-order valence-corrected chi connectivity index (χ2v) is 14.0. The molecule has 0 N–H and O–H groups in total. The molecular weight excluding hydrogens is 613 g/mol. The zero-order valence-corrected chi connectivity index (χ0v) is 29.3. The summed E-state index contributed by atoms with van der Waals surface area (Å²) in [7, 11) is 2.88. The predicted octanol–water partition coefficient (Wildman–Crippen LogP) is 7.08. The van der Waals surface area contributed by atoms with Gasteiger partial charge in [-0.05, 0) is 70.5 Å². The van der Waals surface area contributed by atoms with Crippen LogP contribution < -0.4 is 0 Å². The fraction of sp³-hybridized carbons (Fsp3) is 0.586. The summed E-state index contributed by atoms with van der Waals surface area (Å²) < 4.78 is 7.86. The van der Waals surface area contributed by atoms with Gasteiger partial charge in [-0.2, -0.15) is 0 Å². The normalized spacial score (nSPS) is 20.8. The number of nitrogens with zero attached hydrogens (tertiary/aromatic N) is 4. The lowest BCUT2D eigenvalue weighted by molar-refractivity contribution is -0.150. The summed E-state index contributed by atoms with van der Waals surface area (Å²) in [5, 5.41) is 8.42. The van der Waals surface area contributed by atoms with Gasteiger partial charge in [0.2, 0.25) is 0 Å². The van der Waals surface area contributed by atoms with Gasteiger partial charge in [-0.25, -0.2) is 18.2 Å². The molecule has 2 aliphatic carbocycles. The van der Waals surface area contributed by atoms with Crippen LogP contribution in [0.1, 0.15) is 61.3 Å². The Labute approximate surface area is 268 Å². The Morgan fingerprint density at radius 1 is 1.00 bits per heavy atom. The van der Waals surface area contributed by atoms with Crippen molar-refractivity contribution in [2.75, 3.05) is 26.6 Å². The smallest absolute Gasteiger partial charge is 0.447 e. The van der Waals surface area contributed by atoms with E-state index >= 15 is 0 Å². The number of thioether (sulfide) groups is 2. The van der Waals surface area contributed by atoms with Crippen LogP contribution in [0, 0.1) is 17.3 Å². The lowest BCUT2D eigenvalue weighted by Crippen LogP contribution is -2.28. The first kappa shape index (κ1) is 38.3. The Hall–Kier alpha value is -2.71. The van der Waals surface area contributed by atoms with Crippen LogP contribution in [0.25, 0.3) is 0 Å². The lowest BCUT2D eigenvalue weighted by atomic mass is 10.1. The third-order valence-electron chi connectivity index (χ3n) is 6.81. The van der Waals surface area contributed by atoms with Crippen molar-refractivity contribution < 1.29 is 33.6 Å². The van der Waals surface area contributed by atoms with Gasteiger partial charge in [0.25, 0.3) is 0 Å². The van der Waals surface area contributed by atoms with Crippen LogP contribution in [0.2, 0.25) is 0 Å². The molecule has 1 fully saturated rings. The molecule has 0 aliphatic heterocycles. The molecule has 2 amide bonds. The molecular formula is C29H44N4O7S3. The number of amides is 2. The van der Waals surface area contributed by atoms with E-state index in [-0.39, 0.29) is 35.4 Å². The zero-order valence-electron chi connectivity index (χ0n) is 26.9. The summed E-state index contributed by atoms with van der Waals surface area (Å²) in [6.07, 6.45) is 6.51. The van der Waals surface area contributed by atoms with Gasteiger partial charge in [0.05, 0.1) is 24.5 Å². The Bertz CT molecular complexity index is 1150. The van der Waals surface area contributed by atoms with Gasteiger partial charge >= 0.3 is 18.2 Å². The van der Waals surface area contributed by atoms with Crippen LogP contribution in [0.3, 0.4) is 0 Å². The maximum Gasteiger partial charge on any atom is 0.447 e. The number of allylic oxidation sites excluding steroid dienone is 4. The quantitative estimate of drug-likeness (QED) is 0.0483. The molecule has 3 atom stereocenters. The second kappa shape index (κ2) is 17.6. The van der Waals surface area contributed by atoms with Crippen molar-refractivity contribution >= 4 is 69.7 Å². The van der Waals surface area contributed by atoms with E-state index in [1.165, 1.54) is 43.2 Å². The Morgan fingerprint density at radius 2 is 1.49 bits per heavy atom. The molecule has 1 saturated carbocycles. The van der Waals surface area contributed by atoms with Crippen molar-refractivity contribution in [2.24, 2.45) is 27.6 Å². The van der Waals surface area contributed by atoms with Crippen LogP contribution in [-0.2, 0) is 24.0 Å². The van der Waals surface area contributed by atoms with Crippen molar-refractivity contribution in [2.45, 2.75) is 67.4 Å². The van der Waals surface area contributed by atoms with Crippen molar-refractivity contribution in [3.63, 3.8) is 0 Å². The third-order valence-corrected chi connectivity index (χ3v) is 8.92. The number of esters is 1. The Morgan fingerprint density at radius 3 is 1.91 bits per heavy atom. The highest BCUT2D eigenvalue weighted by atomic mass is 32.2. The average Bonchev–Trinajstić information content (AvgIpc) is 3.38. The standard InChI is InChI=1S/C19H26O3.C10H18N4O4S3/c1-7-8-13-12(4)16(10-15(13)20)22-18(21)17-14(9-11(2)3)19(17,5)6;1-7(19-5)11-17-9(15)13(3)21-14(4)10(16)18-12-8(2)20-6/h7,9,14,16-17H,1,8,10H2,2-6H3;1-6H3/b;11-7-,12-8-. The summed E-state index contributed by atoms with van der Waals surface area (Å²) in [5.74, 6) is 0.0309. The summed E-state index contributed by atoms with van der Waals surface area (Å²) in [4.78, 5) is 57.0. The molecule has 0 bridgehead atoms. The summed E-state index contributed by atoms with van der Waals surface area (Å²) in [6.45, 7) is 17.2. The highest BCUT2D eigenvalue weighted by molar-refractivity contribution is 8.13. The van der Waals surface area contributed by atoms with E-state index in [2.05, 4.69) is 46.5 Å². The second-order valence-electron chi connectivity index (χ2n) is 10.7. The molecule has 0 saturated heterocycles. The topological polar surface area (TPSA) is 127 Å². The number of rotatable bonds is 9. The molecule has 0 aromatic rings. The van der Waals surface area contributed by atoms with E-state index in [4.69, 9.17) is 4.74 Å². The van der Waals surface area contributed by atoms with Gasteiger partial charge in [-0.1, -0.05) is 41.9 Å². The molecule has 0 heterocycles. The van der Waals surface area contributed by atoms with Crippen molar-refractivity contribution in [3.8, 4) is 0 Å². The Balaban J connectivity index is 0.000000431. The zero-order chi connectivity index (χ0) is 33.1. The van der Waals surface area contributed by atoms with Crippen molar-refractivity contribution in [1.29, 1.82) is 0 Å². The number of oxime groups is 2. The lowest BCUT2D eigenvalue weighted by Gasteiger charge is -2.19. The molecule has 3 unspecified atom stereocenters. The van der Waals surface area contributed by atoms with Gasteiger partial charge in [0.15, 0.2) is 5.78 Å². The predicted molar refractivity (Wildman–Crippen MR) is 177 cm³/mol. The summed E-state index contributed by atoms with van der Waals surface area (Å²) in [5.41, 5.74) is 2.80. The summed E-state index contributed by atoms with van der Waals surface area (Å²) in [6, 6.07) is 0. The maximum absolute atomic E-state index is 12.5. The van der Waals surface area contributed by atoms with Gasteiger partial charge in [-0.3, -0.25) is 19.3 Å². The van der Waals surface area contributed by atoms with Crippen LogP contribution in [0.15, 0.2) is 45.8 Å². The number of ether oxygens (including phenoxy) is 1. The maximum atomic E-state index is 12.5. The first-order valence-corrected chi connectivity index (χ1v) is 16.6. The summed E-state index contributed by atoms with van der Waals surface area (Å²) >= 11 is 3.51. The van der Waals surface area contributed by atoms with Crippen LogP contribution in [0.4, 0.5) is 9.59 Å². The molecule has 14 heteroatoms. The van der Waals surface area contributed by atoms with Gasteiger partial charge in [0, 0.05) is 19.7 Å². The fourth-order valence-electron chi connectivity index (χ4n) is 4.07. The molecule has 11 nitrogen and oxygen atoms in total. The van der Waals surface area contributed by atoms with E-state index in [0.29, 0.717) is 16.5 Å². The van der Waals surface area contributed by atoms with Crippen LogP contribution >= 0.6 is 35.7 Å². The first-order chi connectivity index (χ1) is 20.0. The highest BCUT2D eigenvalue weighted by Gasteiger charge is 2.61. The van der Waals surface area contributed by atoms with E-state index in [1.807, 2.05) is 33.3 Å². The third kappa shape index (κ3) is 11.7. The van der Waals surface area contributed by atoms with Crippen LogP contribution in [-0.4, -0.2) is 75.3 Å². The monoisotopic (exact) mass is 656 g/mol. The average molecular weight is 657 g/mol. The van der Waals surface area contributed by atoms with Gasteiger partial charge < -0.3 is 4.74 Å². The number of carbonyl (C=O) groups excluding carboxylic acids is 4. The molecule has 0 aromatic heterocycles. The van der Waals surface area contributed by atoms with E-state index < -0.39 is 18.3 Å². The molecule has 2 rings (SSSR count). The number of Topliss-reactive ketones (excluding diaryl/α,β-unsaturated/α-hetero) is 1. The van der Waals surface area contributed by atoms with E-state index in [0.717, 1.165) is 31.9 Å². The number of carbonyl (C=O) groups is 4. The molecule has 0 spiro atoms. The highest BCUT2D eigenvalue weighted by Crippen LogP contribution is 2.60. The minimum atomic E-state index is -0.711. The Kier molecular flexibility index (Phi) is 15.6. The SMILES string of the molecule is C=CCC1=C(C)C(OC(=O)C2C(C=C(C)C)C2(C)C)CC1=O.CS/C(C)=N\OC(=O)N(C)SN(C)C(=O)O/N=C(/C)SC. The number of hydrogen-bond acceptors (Lipinski definition) is 12. The number of hydrogen-bond donors (Lipinski definition) is 0. The molecule has 240 valence electrons. The minimum Gasteiger partial charge on any atom is -0.457 e. The largest absolute Gasteiger partial charge is 0.457 e.